The van der Waals surface area contributed by atoms with Crippen LogP contribution in [0.5, 0.6) is 11.5 Å². The minimum atomic E-state index is 0.497. The Labute approximate surface area is 174 Å². The summed E-state index contributed by atoms with van der Waals surface area (Å²) in [6.07, 6.45) is 1.60. The number of rotatable bonds is 7. The predicted molar refractivity (Wildman–Crippen MR) is 119 cm³/mol. The van der Waals surface area contributed by atoms with Gasteiger partial charge in [-0.05, 0) is 47.9 Å². The van der Waals surface area contributed by atoms with Crippen molar-refractivity contribution in [1.82, 2.24) is 9.97 Å². The molecule has 0 fully saturated rings. The van der Waals surface area contributed by atoms with Crippen LogP contribution in [0.2, 0.25) is 0 Å². The molecule has 4 aromatic rings. The second-order valence-corrected chi connectivity index (χ2v) is 7.99. The molecule has 0 aliphatic heterocycles. The molecule has 0 aliphatic carbocycles. The van der Waals surface area contributed by atoms with Crippen molar-refractivity contribution in [3.63, 3.8) is 0 Å². The van der Waals surface area contributed by atoms with Crippen LogP contribution in [0.4, 0.5) is 11.5 Å². The van der Waals surface area contributed by atoms with Crippen molar-refractivity contribution in [3.05, 3.63) is 60.2 Å². The fraction of sp³-hybridized carbons (Fsp3) is 0.217. The van der Waals surface area contributed by atoms with Crippen LogP contribution in [0.3, 0.4) is 0 Å². The zero-order valence-electron chi connectivity index (χ0n) is 16.7. The molecule has 29 heavy (non-hydrogen) atoms. The molecule has 0 spiro atoms. The Morgan fingerprint density at radius 3 is 2.38 bits per heavy atom. The molecule has 0 radical (unpaired) electrons. The normalized spacial score (nSPS) is 11.0. The molecule has 148 valence electrons. The van der Waals surface area contributed by atoms with Gasteiger partial charge in [0.1, 0.15) is 28.5 Å². The van der Waals surface area contributed by atoms with E-state index in [9.17, 15) is 0 Å². The van der Waals surface area contributed by atoms with Crippen LogP contribution in [0, 0.1) is 5.92 Å². The van der Waals surface area contributed by atoms with Gasteiger partial charge in [0.15, 0.2) is 0 Å². The van der Waals surface area contributed by atoms with E-state index in [-0.39, 0.29) is 0 Å². The van der Waals surface area contributed by atoms with E-state index in [1.54, 1.807) is 24.8 Å². The zero-order valence-corrected chi connectivity index (χ0v) is 17.5. The van der Waals surface area contributed by atoms with Gasteiger partial charge in [-0.25, -0.2) is 9.97 Å². The fourth-order valence-corrected chi connectivity index (χ4v) is 3.90. The van der Waals surface area contributed by atoms with E-state index in [4.69, 9.17) is 9.47 Å². The van der Waals surface area contributed by atoms with Crippen molar-refractivity contribution in [2.45, 2.75) is 13.8 Å². The highest BCUT2D eigenvalue weighted by molar-refractivity contribution is 7.17. The second-order valence-electron chi connectivity index (χ2n) is 7.13. The molecule has 5 nitrogen and oxygen atoms in total. The number of methoxy groups -OCH3 is 1. The van der Waals surface area contributed by atoms with Gasteiger partial charge in [0.25, 0.3) is 0 Å². The Bertz CT molecular complexity index is 1090. The molecule has 4 rings (SSSR count). The zero-order chi connectivity index (χ0) is 20.2. The lowest BCUT2D eigenvalue weighted by Crippen LogP contribution is -2.04. The molecule has 0 saturated carbocycles. The van der Waals surface area contributed by atoms with Crippen molar-refractivity contribution in [1.29, 1.82) is 0 Å². The lowest BCUT2D eigenvalue weighted by Gasteiger charge is -2.11. The Morgan fingerprint density at radius 2 is 1.69 bits per heavy atom. The van der Waals surface area contributed by atoms with E-state index in [1.807, 2.05) is 36.4 Å². The van der Waals surface area contributed by atoms with Gasteiger partial charge in [0.05, 0.1) is 19.1 Å². The first-order valence-corrected chi connectivity index (χ1v) is 10.4. The van der Waals surface area contributed by atoms with Gasteiger partial charge in [-0.2, -0.15) is 0 Å². The van der Waals surface area contributed by atoms with Crippen molar-refractivity contribution in [2.75, 3.05) is 19.0 Å². The standard InChI is InChI=1S/C23H23N3O2S/c1-15(2)12-28-19-10-6-17(7-11-19)26-22-21-20(13-29-23(21)25-14-24-22)16-4-8-18(27-3)9-5-16/h4-11,13-15H,12H2,1-3H3,(H,24,25,26). The SMILES string of the molecule is COc1ccc(-c2csc3ncnc(Nc4ccc(OCC(C)C)cc4)c23)cc1. The number of nitrogens with zero attached hydrogens (tertiary/aromatic N) is 2. The van der Waals surface area contributed by atoms with E-state index >= 15 is 0 Å². The smallest absolute Gasteiger partial charge is 0.143 e. The Kier molecular flexibility index (Phi) is 5.62. The highest BCUT2D eigenvalue weighted by Crippen LogP contribution is 2.38. The van der Waals surface area contributed by atoms with Crippen molar-refractivity contribution >= 4 is 33.1 Å². The molecule has 0 bridgehead atoms. The molecular formula is C23H23N3O2S. The minimum absolute atomic E-state index is 0.497. The summed E-state index contributed by atoms with van der Waals surface area (Å²) < 4.78 is 11.0. The first kappa shape index (κ1) is 19.2. The number of benzene rings is 2. The van der Waals surface area contributed by atoms with Gasteiger partial charge in [0, 0.05) is 16.6 Å². The molecule has 0 amide bonds. The van der Waals surface area contributed by atoms with Gasteiger partial charge in [-0.15, -0.1) is 11.3 Å². The van der Waals surface area contributed by atoms with Crippen LogP contribution in [0.1, 0.15) is 13.8 Å². The predicted octanol–water partition coefficient (Wildman–Crippen LogP) is 6.15. The van der Waals surface area contributed by atoms with Gasteiger partial charge in [-0.3, -0.25) is 0 Å². The molecule has 0 unspecified atom stereocenters. The maximum absolute atomic E-state index is 5.76. The van der Waals surface area contributed by atoms with Crippen molar-refractivity contribution in [3.8, 4) is 22.6 Å². The quantitative estimate of drug-likeness (QED) is 0.400. The van der Waals surface area contributed by atoms with Crippen LogP contribution < -0.4 is 14.8 Å². The second kappa shape index (κ2) is 8.49. The van der Waals surface area contributed by atoms with E-state index in [1.165, 1.54) is 0 Å². The molecule has 0 saturated heterocycles. The number of thiophene rings is 1. The summed E-state index contributed by atoms with van der Waals surface area (Å²) in [5.74, 6) is 2.99. The van der Waals surface area contributed by atoms with Crippen LogP contribution in [-0.2, 0) is 0 Å². The molecule has 1 N–H and O–H groups in total. The Morgan fingerprint density at radius 1 is 0.966 bits per heavy atom. The number of ether oxygens (including phenoxy) is 2. The third-order valence-electron chi connectivity index (χ3n) is 4.47. The number of hydrogen-bond acceptors (Lipinski definition) is 6. The van der Waals surface area contributed by atoms with Gasteiger partial charge in [0.2, 0.25) is 0 Å². The molecule has 2 heterocycles. The monoisotopic (exact) mass is 405 g/mol. The highest BCUT2D eigenvalue weighted by Gasteiger charge is 2.13. The number of hydrogen-bond donors (Lipinski definition) is 1. The molecule has 2 aromatic carbocycles. The van der Waals surface area contributed by atoms with Gasteiger partial charge in [-0.1, -0.05) is 26.0 Å². The third kappa shape index (κ3) is 4.32. The summed E-state index contributed by atoms with van der Waals surface area (Å²) >= 11 is 1.61. The van der Waals surface area contributed by atoms with E-state index in [2.05, 4.69) is 46.6 Å². The highest BCUT2D eigenvalue weighted by atomic mass is 32.1. The number of fused-ring (bicyclic) bond motifs is 1. The van der Waals surface area contributed by atoms with Crippen molar-refractivity contribution < 1.29 is 9.47 Å². The van der Waals surface area contributed by atoms with Crippen LogP contribution in [-0.4, -0.2) is 23.7 Å². The maximum atomic E-state index is 5.76. The third-order valence-corrected chi connectivity index (χ3v) is 5.36. The molecule has 2 aromatic heterocycles. The van der Waals surface area contributed by atoms with Gasteiger partial charge >= 0.3 is 0 Å². The van der Waals surface area contributed by atoms with Gasteiger partial charge < -0.3 is 14.8 Å². The topological polar surface area (TPSA) is 56.3 Å². The summed E-state index contributed by atoms with van der Waals surface area (Å²) in [6.45, 7) is 4.98. The lowest BCUT2D eigenvalue weighted by atomic mass is 10.1. The van der Waals surface area contributed by atoms with Crippen LogP contribution in [0.15, 0.2) is 60.2 Å². The number of aromatic nitrogens is 2. The minimum Gasteiger partial charge on any atom is -0.497 e. The molecule has 0 atom stereocenters. The molecule has 6 heteroatoms. The van der Waals surface area contributed by atoms with Crippen LogP contribution in [0.25, 0.3) is 21.3 Å². The summed E-state index contributed by atoms with van der Waals surface area (Å²) in [4.78, 5) is 9.90. The van der Waals surface area contributed by atoms with Crippen molar-refractivity contribution in [2.24, 2.45) is 5.92 Å². The van der Waals surface area contributed by atoms with E-state index < -0.39 is 0 Å². The molecule has 0 aliphatic rings. The maximum Gasteiger partial charge on any atom is 0.143 e. The van der Waals surface area contributed by atoms with Crippen LogP contribution >= 0.6 is 11.3 Å². The first-order valence-electron chi connectivity index (χ1n) is 9.50. The summed E-state index contributed by atoms with van der Waals surface area (Å²) in [6, 6.07) is 16.0. The van der Waals surface area contributed by atoms with E-state index in [0.29, 0.717) is 12.5 Å². The average molecular weight is 406 g/mol. The average Bonchev–Trinajstić information content (AvgIpc) is 3.18. The van der Waals surface area contributed by atoms with E-state index in [0.717, 1.165) is 44.3 Å². The number of nitrogens with one attached hydrogen (secondary N) is 1. The Balaban J connectivity index is 1.63. The fourth-order valence-electron chi connectivity index (χ4n) is 2.99. The lowest BCUT2D eigenvalue weighted by molar-refractivity contribution is 0.271. The summed E-state index contributed by atoms with van der Waals surface area (Å²) in [5, 5.41) is 6.57. The largest absolute Gasteiger partial charge is 0.497 e. The molecular weight excluding hydrogens is 382 g/mol. The first-order chi connectivity index (χ1) is 14.1. The number of anilines is 2. The summed E-state index contributed by atoms with van der Waals surface area (Å²) in [7, 11) is 1.67. The summed E-state index contributed by atoms with van der Waals surface area (Å²) in [5.41, 5.74) is 3.16. The Hall–Kier alpha value is -3.12.